The van der Waals surface area contributed by atoms with Crippen LogP contribution in [-0.2, 0) is 6.61 Å². The fraction of sp³-hybridized carbons (Fsp3) is 0.200. The smallest absolute Gasteiger partial charge is 0.120 e. The van der Waals surface area contributed by atoms with Crippen molar-refractivity contribution in [3.63, 3.8) is 0 Å². The van der Waals surface area contributed by atoms with Gasteiger partial charge in [-0.15, -0.1) is 0 Å². The molecule has 0 aliphatic heterocycles. The molecule has 94 valence electrons. The van der Waals surface area contributed by atoms with E-state index in [1.54, 1.807) is 0 Å². The maximum absolute atomic E-state index is 5.70. The van der Waals surface area contributed by atoms with Crippen molar-refractivity contribution in [1.29, 1.82) is 0 Å². The van der Waals surface area contributed by atoms with Crippen LogP contribution in [-0.4, -0.2) is 6.61 Å². The molecule has 0 spiro atoms. The van der Waals surface area contributed by atoms with E-state index < -0.39 is 0 Å². The van der Waals surface area contributed by atoms with Gasteiger partial charge in [-0.05, 0) is 42.8 Å². The Labute approximate surface area is 116 Å². The van der Waals surface area contributed by atoms with Gasteiger partial charge in [0.05, 0.1) is 6.61 Å². The van der Waals surface area contributed by atoms with Crippen molar-refractivity contribution in [3.8, 4) is 11.5 Å². The first kappa shape index (κ1) is 13.0. The molecular formula is C15H15BrO2. The lowest BCUT2D eigenvalue weighted by Gasteiger charge is -2.07. The van der Waals surface area contributed by atoms with Crippen LogP contribution in [0, 0.1) is 0 Å². The van der Waals surface area contributed by atoms with Crippen molar-refractivity contribution < 1.29 is 9.47 Å². The second kappa shape index (κ2) is 6.45. The van der Waals surface area contributed by atoms with Crippen molar-refractivity contribution in [2.75, 3.05) is 6.61 Å². The zero-order valence-corrected chi connectivity index (χ0v) is 11.8. The predicted molar refractivity (Wildman–Crippen MR) is 76.1 cm³/mol. The molecule has 18 heavy (non-hydrogen) atoms. The summed E-state index contributed by atoms with van der Waals surface area (Å²) in [6.45, 7) is 3.22. The molecule has 2 nitrogen and oxygen atoms in total. The molecule has 0 radical (unpaired) electrons. The number of rotatable bonds is 5. The Hall–Kier alpha value is -1.48. The molecular weight excluding hydrogens is 292 g/mol. The van der Waals surface area contributed by atoms with E-state index in [1.165, 1.54) is 0 Å². The molecule has 0 aromatic heterocycles. The van der Waals surface area contributed by atoms with Crippen molar-refractivity contribution in [2.24, 2.45) is 0 Å². The lowest BCUT2D eigenvalue weighted by atomic mass is 10.2. The monoisotopic (exact) mass is 306 g/mol. The second-order valence-corrected chi connectivity index (χ2v) is 4.74. The highest BCUT2D eigenvalue weighted by molar-refractivity contribution is 9.10. The van der Waals surface area contributed by atoms with Crippen LogP contribution in [0.25, 0.3) is 0 Å². The minimum absolute atomic E-state index is 0.558. The Morgan fingerprint density at radius 2 is 1.72 bits per heavy atom. The highest BCUT2D eigenvalue weighted by Gasteiger charge is 1.98. The second-order valence-electron chi connectivity index (χ2n) is 3.82. The van der Waals surface area contributed by atoms with Gasteiger partial charge in [-0.1, -0.05) is 34.1 Å². The van der Waals surface area contributed by atoms with Gasteiger partial charge in [0.2, 0.25) is 0 Å². The van der Waals surface area contributed by atoms with Crippen molar-refractivity contribution in [1.82, 2.24) is 0 Å². The standard InChI is InChI=1S/C15H15BrO2/c1-2-17-14-8-6-12(7-9-14)11-18-15-5-3-4-13(16)10-15/h3-10H,2,11H2,1H3. The highest BCUT2D eigenvalue weighted by Crippen LogP contribution is 2.19. The van der Waals surface area contributed by atoms with E-state index >= 15 is 0 Å². The summed E-state index contributed by atoms with van der Waals surface area (Å²) < 4.78 is 12.1. The average Bonchev–Trinajstić information content (AvgIpc) is 2.38. The van der Waals surface area contributed by atoms with Gasteiger partial charge in [0.1, 0.15) is 18.1 Å². The summed E-state index contributed by atoms with van der Waals surface area (Å²) in [5, 5.41) is 0. The summed E-state index contributed by atoms with van der Waals surface area (Å²) in [7, 11) is 0. The molecule has 0 saturated heterocycles. The van der Waals surface area contributed by atoms with Crippen molar-refractivity contribution >= 4 is 15.9 Å². The Balaban J connectivity index is 1.93. The van der Waals surface area contributed by atoms with Gasteiger partial charge in [-0.3, -0.25) is 0 Å². The van der Waals surface area contributed by atoms with Crippen LogP contribution >= 0.6 is 15.9 Å². The van der Waals surface area contributed by atoms with Gasteiger partial charge in [0, 0.05) is 4.47 Å². The minimum atomic E-state index is 0.558. The van der Waals surface area contributed by atoms with Crippen LogP contribution in [0.3, 0.4) is 0 Å². The minimum Gasteiger partial charge on any atom is -0.494 e. The first-order valence-electron chi connectivity index (χ1n) is 5.88. The quantitative estimate of drug-likeness (QED) is 0.813. The third kappa shape index (κ3) is 3.77. The van der Waals surface area contributed by atoms with E-state index in [-0.39, 0.29) is 0 Å². The average molecular weight is 307 g/mol. The molecule has 0 aliphatic rings. The Morgan fingerprint density at radius 1 is 0.944 bits per heavy atom. The molecule has 0 amide bonds. The molecule has 3 heteroatoms. The lowest BCUT2D eigenvalue weighted by Crippen LogP contribution is -1.96. The third-order valence-electron chi connectivity index (χ3n) is 2.44. The number of halogens is 1. The first-order chi connectivity index (χ1) is 8.78. The van der Waals surface area contributed by atoms with E-state index in [4.69, 9.17) is 9.47 Å². The molecule has 0 atom stereocenters. The van der Waals surface area contributed by atoms with Gasteiger partial charge in [0.25, 0.3) is 0 Å². The molecule has 0 heterocycles. The molecule has 0 unspecified atom stereocenters. The molecule has 0 saturated carbocycles. The third-order valence-corrected chi connectivity index (χ3v) is 2.93. The van der Waals surface area contributed by atoms with E-state index in [1.807, 2.05) is 55.5 Å². The first-order valence-corrected chi connectivity index (χ1v) is 6.67. The van der Waals surface area contributed by atoms with Gasteiger partial charge >= 0.3 is 0 Å². The summed E-state index contributed by atoms with van der Waals surface area (Å²) in [6.07, 6.45) is 0. The summed E-state index contributed by atoms with van der Waals surface area (Å²) in [5.74, 6) is 1.75. The van der Waals surface area contributed by atoms with E-state index in [0.29, 0.717) is 13.2 Å². The normalized spacial score (nSPS) is 10.1. The number of ether oxygens (including phenoxy) is 2. The fourth-order valence-electron chi connectivity index (χ4n) is 1.57. The van der Waals surface area contributed by atoms with Gasteiger partial charge in [-0.25, -0.2) is 0 Å². The molecule has 0 aliphatic carbocycles. The maximum atomic E-state index is 5.70. The number of hydrogen-bond donors (Lipinski definition) is 0. The summed E-state index contributed by atoms with van der Waals surface area (Å²) in [6, 6.07) is 15.8. The van der Waals surface area contributed by atoms with Crippen LogP contribution in [0.15, 0.2) is 53.0 Å². The van der Waals surface area contributed by atoms with Crippen LogP contribution < -0.4 is 9.47 Å². The Morgan fingerprint density at radius 3 is 2.39 bits per heavy atom. The van der Waals surface area contributed by atoms with Crippen LogP contribution in [0.2, 0.25) is 0 Å². The fourth-order valence-corrected chi connectivity index (χ4v) is 1.95. The topological polar surface area (TPSA) is 18.5 Å². The summed E-state index contributed by atoms with van der Waals surface area (Å²) in [4.78, 5) is 0. The zero-order chi connectivity index (χ0) is 12.8. The number of benzene rings is 2. The van der Waals surface area contributed by atoms with Gasteiger partial charge < -0.3 is 9.47 Å². The predicted octanol–water partition coefficient (Wildman–Crippen LogP) is 4.43. The van der Waals surface area contributed by atoms with Crippen molar-refractivity contribution in [2.45, 2.75) is 13.5 Å². The maximum Gasteiger partial charge on any atom is 0.120 e. The molecule has 2 aromatic rings. The molecule has 2 aromatic carbocycles. The number of hydrogen-bond acceptors (Lipinski definition) is 2. The summed E-state index contributed by atoms with van der Waals surface area (Å²) in [5.41, 5.74) is 1.12. The van der Waals surface area contributed by atoms with Gasteiger partial charge in [0.15, 0.2) is 0 Å². The molecule has 0 bridgehead atoms. The van der Waals surface area contributed by atoms with E-state index in [0.717, 1.165) is 21.5 Å². The van der Waals surface area contributed by atoms with Gasteiger partial charge in [-0.2, -0.15) is 0 Å². The Kier molecular flexibility index (Phi) is 4.65. The SMILES string of the molecule is CCOc1ccc(COc2cccc(Br)c2)cc1. The Bertz CT molecular complexity index is 494. The molecule has 0 fully saturated rings. The van der Waals surface area contributed by atoms with Crippen molar-refractivity contribution in [3.05, 3.63) is 58.6 Å². The van der Waals surface area contributed by atoms with E-state index in [9.17, 15) is 0 Å². The van der Waals surface area contributed by atoms with Crippen LogP contribution in [0.1, 0.15) is 12.5 Å². The summed E-state index contributed by atoms with van der Waals surface area (Å²) >= 11 is 3.42. The van der Waals surface area contributed by atoms with Crippen LogP contribution in [0.4, 0.5) is 0 Å². The largest absolute Gasteiger partial charge is 0.494 e. The van der Waals surface area contributed by atoms with Crippen LogP contribution in [0.5, 0.6) is 11.5 Å². The lowest BCUT2D eigenvalue weighted by molar-refractivity contribution is 0.305. The molecule has 0 N–H and O–H groups in total. The molecule has 2 rings (SSSR count). The zero-order valence-electron chi connectivity index (χ0n) is 10.2. The highest BCUT2D eigenvalue weighted by atomic mass is 79.9. The van der Waals surface area contributed by atoms with E-state index in [2.05, 4.69) is 15.9 Å².